The van der Waals surface area contributed by atoms with Gasteiger partial charge in [-0.2, -0.15) is 17.8 Å². The Kier molecular flexibility index (Phi) is 7.31. The SMILES string of the molecule is CNc1ccc(-c2cc3nccnc3c(OC[C@@H]3CN(S(C)(=O)=O)CCO3)n2)cc1.S. The van der Waals surface area contributed by atoms with Crippen LogP contribution < -0.4 is 10.1 Å². The molecule has 166 valence electrons. The first-order chi connectivity index (χ1) is 14.4. The van der Waals surface area contributed by atoms with Crippen LogP contribution in [0.15, 0.2) is 42.7 Å². The van der Waals surface area contributed by atoms with E-state index in [0.717, 1.165) is 11.3 Å². The van der Waals surface area contributed by atoms with Crippen molar-refractivity contribution in [1.82, 2.24) is 19.3 Å². The number of hydrogen-bond donors (Lipinski definition) is 1. The maximum Gasteiger partial charge on any atom is 0.242 e. The van der Waals surface area contributed by atoms with Crippen LogP contribution in [-0.4, -0.2) is 73.4 Å². The molecule has 2 aromatic heterocycles. The summed E-state index contributed by atoms with van der Waals surface area (Å²) in [5.74, 6) is 0.341. The first-order valence-electron chi connectivity index (χ1n) is 9.53. The highest BCUT2D eigenvalue weighted by molar-refractivity contribution is 7.88. The second-order valence-electron chi connectivity index (χ2n) is 6.99. The summed E-state index contributed by atoms with van der Waals surface area (Å²) in [6, 6.07) is 9.73. The molecule has 1 saturated heterocycles. The Morgan fingerprint density at radius 1 is 1.23 bits per heavy atom. The normalized spacial score (nSPS) is 17.2. The first-order valence-corrected chi connectivity index (χ1v) is 11.4. The molecule has 1 aromatic carbocycles. The van der Waals surface area contributed by atoms with Gasteiger partial charge in [-0.25, -0.2) is 18.4 Å². The second kappa shape index (κ2) is 9.77. The fourth-order valence-electron chi connectivity index (χ4n) is 3.27. The summed E-state index contributed by atoms with van der Waals surface area (Å²) in [5, 5.41) is 3.09. The number of rotatable bonds is 6. The van der Waals surface area contributed by atoms with Crippen molar-refractivity contribution < 1.29 is 17.9 Å². The molecule has 1 atom stereocenters. The van der Waals surface area contributed by atoms with E-state index in [1.54, 1.807) is 12.4 Å². The molecule has 0 bridgehead atoms. The van der Waals surface area contributed by atoms with E-state index in [2.05, 4.69) is 20.3 Å². The summed E-state index contributed by atoms with van der Waals surface area (Å²) >= 11 is 0. The molecule has 0 aliphatic carbocycles. The summed E-state index contributed by atoms with van der Waals surface area (Å²) in [6.45, 7) is 1.08. The third kappa shape index (κ3) is 5.42. The molecule has 31 heavy (non-hydrogen) atoms. The average molecular weight is 464 g/mol. The van der Waals surface area contributed by atoms with Crippen molar-refractivity contribution in [3.05, 3.63) is 42.7 Å². The molecule has 1 N–H and O–H groups in total. The molecule has 1 fully saturated rings. The van der Waals surface area contributed by atoms with Crippen LogP contribution in [0.5, 0.6) is 5.88 Å². The Hall–Kier alpha value is -2.47. The van der Waals surface area contributed by atoms with Crippen molar-refractivity contribution in [1.29, 1.82) is 0 Å². The molecular weight excluding hydrogens is 438 g/mol. The van der Waals surface area contributed by atoms with Gasteiger partial charge in [0, 0.05) is 43.8 Å². The zero-order chi connectivity index (χ0) is 21.1. The van der Waals surface area contributed by atoms with Crippen LogP contribution in [0.3, 0.4) is 0 Å². The van der Waals surface area contributed by atoms with E-state index >= 15 is 0 Å². The molecule has 0 radical (unpaired) electrons. The van der Waals surface area contributed by atoms with Gasteiger partial charge in [0.2, 0.25) is 15.9 Å². The van der Waals surface area contributed by atoms with Gasteiger partial charge in [0.05, 0.1) is 24.1 Å². The van der Waals surface area contributed by atoms with E-state index in [9.17, 15) is 8.42 Å². The minimum absolute atomic E-state index is 0. The van der Waals surface area contributed by atoms with E-state index in [0.29, 0.717) is 35.8 Å². The summed E-state index contributed by atoms with van der Waals surface area (Å²) in [4.78, 5) is 13.4. The third-order valence-corrected chi connectivity index (χ3v) is 6.14. The molecule has 3 heterocycles. The molecular formula is C20H25N5O4S2. The van der Waals surface area contributed by atoms with Gasteiger partial charge in [0.25, 0.3) is 0 Å². The van der Waals surface area contributed by atoms with Gasteiger partial charge in [0.1, 0.15) is 12.7 Å². The van der Waals surface area contributed by atoms with Gasteiger partial charge in [-0.3, -0.25) is 4.98 Å². The lowest BCUT2D eigenvalue weighted by molar-refractivity contribution is -0.0252. The van der Waals surface area contributed by atoms with Crippen LogP contribution in [0, 0.1) is 0 Å². The average Bonchev–Trinajstić information content (AvgIpc) is 2.77. The Labute approximate surface area is 188 Å². The monoisotopic (exact) mass is 463 g/mol. The number of ether oxygens (including phenoxy) is 2. The standard InChI is InChI=1S/C20H23N5O4S.H2S/c1-21-15-5-3-14(4-6-15)17-11-18-19(23-8-7-22-18)20(24-17)29-13-16-12-25(9-10-28-16)30(2,26)27;/h3-8,11,16,21H,9-10,12-13H2,1-2H3;1H2/t16-;/m0./s1. The van der Waals surface area contributed by atoms with Crippen LogP contribution in [0.4, 0.5) is 5.69 Å². The quantitative estimate of drug-likeness (QED) is 0.591. The molecule has 0 amide bonds. The number of sulfonamides is 1. The number of benzene rings is 1. The molecule has 9 nitrogen and oxygen atoms in total. The molecule has 11 heteroatoms. The highest BCUT2D eigenvalue weighted by Gasteiger charge is 2.27. The highest BCUT2D eigenvalue weighted by atomic mass is 32.2. The van der Waals surface area contributed by atoms with Crippen LogP contribution in [-0.2, 0) is 14.8 Å². The third-order valence-electron chi connectivity index (χ3n) is 4.87. The van der Waals surface area contributed by atoms with Crippen molar-refractivity contribution in [3.8, 4) is 17.1 Å². The number of hydrogen-bond acceptors (Lipinski definition) is 8. The van der Waals surface area contributed by atoms with Crippen LogP contribution in [0.1, 0.15) is 0 Å². The zero-order valence-electron chi connectivity index (χ0n) is 17.3. The van der Waals surface area contributed by atoms with Crippen molar-refractivity contribution in [2.24, 2.45) is 0 Å². The number of anilines is 1. The number of morpholine rings is 1. The smallest absolute Gasteiger partial charge is 0.242 e. The van der Waals surface area contributed by atoms with Crippen LogP contribution >= 0.6 is 13.5 Å². The largest absolute Gasteiger partial charge is 0.473 e. The Bertz CT molecular complexity index is 1140. The lowest BCUT2D eigenvalue weighted by Gasteiger charge is -2.30. The lowest BCUT2D eigenvalue weighted by atomic mass is 10.1. The van der Waals surface area contributed by atoms with E-state index in [1.165, 1.54) is 10.6 Å². The molecule has 1 aliphatic rings. The van der Waals surface area contributed by atoms with E-state index in [1.807, 2.05) is 37.4 Å². The number of nitrogens with one attached hydrogen (secondary N) is 1. The predicted octanol–water partition coefficient (Wildman–Crippen LogP) is 1.89. The minimum Gasteiger partial charge on any atom is -0.473 e. The molecule has 4 rings (SSSR count). The van der Waals surface area contributed by atoms with Gasteiger partial charge < -0.3 is 14.8 Å². The minimum atomic E-state index is -3.27. The van der Waals surface area contributed by atoms with Crippen molar-refractivity contribution in [3.63, 3.8) is 0 Å². The van der Waals surface area contributed by atoms with Gasteiger partial charge in [-0.05, 0) is 18.2 Å². The number of nitrogens with zero attached hydrogens (tertiary/aromatic N) is 4. The zero-order valence-corrected chi connectivity index (χ0v) is 19.1. The van der Waals surface area contributed by atoms with Crippen molar-refractivity contribution in [2.75, 3.05) is 44.9 Å². The van der Waals surface area contributed by atoms with E-state index < -0.39 is 10.0 Å². The summed E-state index contributed by atoms with van der Waals surface area (Å²) in [6.07, 6.45) is 4.01. The summed E-state index contributed by atoms with van der Waals surface area (Å²) < 4.78 is 36.7. The maximum absolute atomic E-state index is 11.8. The molecule has 0 spiro atoms. The Balaban J connectivity index is 0.00000272. The maximum atomic E-state index is 11.8. The van der Waals surface area contributed by atoms with Gasteiger partial charge in [0.15, 0.2) is 5.52 Å². The molecule has 0 unspecified atom stereocenters. The fourth-order valence-corrected chi connectivity index (χ4v) is 4.11. The van der Waals surface area contributed by atoms with Crippen molar-refractivity contribution >= 4 is 40.2 Å². The lowest BCUT2D eigenvalue weighted by Crippen LogP contribution is -2.47. The van der Waals surface area contributed by atoms with E-state index in [4.69, 9.17) is 9.47 Å². The number of pyridine rings is 1. The predicted molar refractivity (Wildman–Crippen MR) is 124 cm³/mol. The second-order valence-corrected chi connectivity index (χ2v) is 8.97. The Morgan fingerprint density at radius 3 is 2.68 bits per heavy atom. The van der Waals surface area contributed by atoms with Gasteiger partial charge in [-0.1, -0.05) is 12.1 Å². The molecule has 3 aromatic rings. The van der Waals surface area contributed by atoms with Crippen LogP contribution in [0.25, 0.3) is 22.3 Å². The number of fused-ring (bicyclic) bond motifs is 1. The van der Waals surface area contributed by atoms with Crippen LogP contribution in [0.2, 0.25) is 0 Å². The van der Waals surface area contributed by atoms with E-state index in [-0.39, 0.29) is 32.8 Å². The first kappa shape index (κ1) is 23.2. The fraction of sp³-hybridized carbons (Fsp3) is 0.350. The van der Waals surface area contributed by atoms with Gasteiger partial charge >= 0.3 is 0 Å². The van der Waals surface area contributed by atoms with Gasteiger partial charge in [-0.15, -0.1) is 0 Å². The highest BCUT2D eigenvalue weighted by Crippen LogP contribution is 2.28. The summed E-state index contributed by atoms with van der Waals surface area (Å²) in [7, 11) is -1.41. The topological polar surface area (TPSA) is 107 Å². The number of aromatic nitrogens is 3. The molecule has 1 aliphatic heterocycles. The van der Waals surface area contributed by atoms with Crippen molar-refractivity contribution in [2.45, 2.75) is 6.10 Å². The Morgan fingerprint density at radius 2 is 1.97 bits per heavy atom. The molecule has 0 saturated carbocycles. The summed E-state index contributed by atoms with van der Waals surface area (Å²) in [5.41, 5.74) is 3.84.